The van der Waals surface area contributed by atoms with E-state index in [1.165, 1.54) is 19.3 Å². The minimum absolute atomic E-state index is 0.0950. The zero-order valence-electron chi connectivity index (χ0n) is 17.2. The van der Waals surface area contributed by atoms with Crippen LogP contribution in [0.25, 0.3) is 0 Å². The van der Waals surface area contributed by atoms with Crippen LogP contribution in [-0.2, 0) is 14.3 Å². The Morgan fingerprint density at radius 3 is 2.21 bits per heavy atom. The van der Waals surface area contributed by atoms with Crippen molar-refractivity contribution in [1.29, 1.82) is 0 Å². The van der Waals surface area contributed by atoms with Crippen molar-refractivity contribution in [2.45, 2.75) is 76.6 Å². The summed E-state index contributed by atoms with van der Waals surface area (Å²) in [6, 6.07) is 4.09. The van der Waals surface area contributed by atoms with Gasteiger partial charge >= 0.3 is 5.97 Å². The maximum absolute atomic E-state index is 13.2. The van der Waals surface area contributed by atoms with Crippen molar-refractivity contribution in [3.8, 4) is 0 Å². The Hall–Kier alpha value is -1.36. The second-order valence-electron chi connectivity index (χ2n) is 9.70. The topological polar surface area (TPSA) is 55.4 Å². The fourth-order valence-corrected chi connectivity index (χ4v) is 7.78. The summed E-state index contributed by atoms with van der Waals surface area (Å²) < 4.78 is 5.84. The number of carbonyl (C=O) groups is 2. The second-order valence-corrected chi connectivity index (χ2v) is 11.4. The van der Waals surface area contributed by atoms with Gasteiger partial charge in [-0.25, -0.2) is 0 Å². The Bertz CT molecular complexity index is 796. The molecule has 4 bridgehead atoms. The average Bonchev–Trinajstić information content (AvgIpc) is 2.55. The molecule has 1 N–H and O–H groups in total. The third-order valence-corrected chi connectivity index (χ3v) is 7.93. The number of anilines is 1. The lowest BCUT2D eigenvalue weighted by molar-refractivity contribution is -0.175. The molecule has 0 aromatic heterocycles. The lowest BCUT2D eigenvalue weighted by atomic mass is 9.49. The Labute approximate surface area is 175 Å². The monoisotopic (exact) mass is 447 g/mol. The van der Waals surface area contributed by atoms with E-state index in [1.54, 1.807) is 6.92 Å². The molecule has 3 unspecified atom stereocenters. The molecular formula is C23H30BrNO3. The van der Waals surface area contributed by atoms with Gasteiger partial charge in [-0.2, -0.15) is 0 Å². The van der Waals surface area contributed by atoms with E-state index in [-0.39, 0.29) is 16.2 Å². The van der Waals surface area contributed by atoms with Crippen molar-refractivity contribution in [2.24, 2.45) is 17.3 Å². The number of amides is 1. The van der Waals surface area contributed by atoms with Crippen LogP contribution >= 0.6 is 15.9 Å². The number of rotatable bonds is 4. The molecule has 1 aromatic carbocycles. The molecule has 4 fully saturated rings. The van der Waals surface area contributed by atoms with Gasteiger partial charge in [0.2, 0.25) is 0 Å². The van der Waals surface area contributed by atoms with E-state index in [0.29, 0.717) is 11.8 Å². The average molecular weight is 448 g/mol. The zero-order chi connectivity index (χ0) is 20.3. The molecule has 152 valence electrons. The number of esters is 1. The fraction of sp³-hybridized carbons (Fsp3) is 0.652. The number of benzene rings is 1. The van der Waals surface area contributed by atoms with Crippen LogP contribution in [0, 0.1) is 38.0 Å². The highest BCUT2D eigenvalue weighted by atomic mass is 79.9. The third kappa shape index (κ3) is 3.51. The first-order valence-corrected chi connectivity index (χ1v) is 11.2. The highest BCUT2D eigenvalue weighted by Crippen LogP contribution is 2.64. The molecule has 0 aliphatic heterocycles. The molecule has 0 radical (unpaired) electrons. The molecule has 3 atom stereocenters. The maximum Gasteiger partial charge on any atom is 0.312 e. The smallest absolute Gasteiger partial charge is 0.312 e. The molecule has 0 heterocycles. The summed E-state index contributed by atoms with van der Waals surface area (Å²) in [4.78, 5) is 25.9. The number of carbonyl (C=O) groups excluding carboxylic acids is 2. The van der Waals surface area contributed by atoms with Crippen LogP contribution in [0.2, 0.25) is 0 Å². The molecule has 4 saturated carbocycles. The number of hydrogen-bond acceptors (Lipinski definition) is 3. The molecule has 28 heavy (non-hydrogen) atoms. The number of aryl methyl sites for hydroxylation is 3. The molecular weight excluding hydrogens is 418 g/mol. The summed E-state index contributed by atoms with van der Waals surface area (Å²) in [6.45, 7) is 7.68. The van der Waals surface area contributed by atoms with Crippen molar-refractivity contribution < 1.29 is 14.3 Å². The summed E-state index contributed by atoms with van der Waals surface area (Å²) in [5, 5.41) is 2.97. The first-order chi connectivity index (χ1) is 13.1. The van der Waals surface area contributed by atoms with Crippen LogP contribution in [0.5, 0.6) is 0 Å². The molecule has 1 amide bonds. The normalized spacial score (nSPS) is 34.2. The summed E-state index contributed by atoms with van der Waals surface area (Å²) in [5.41, 5.74) is 3.61. The van der Waals surface area contributed by atoms with Gasteiger partial charge in [0.25, 0.3) is 5.91 Å². The number of alkyl halides is 1. The van der Waals surface area contributed by atoms with Crippen molar-refractivity contribution in [3.63, 3.8) is 0 Å². The van der Waals surface area contributed by atoms with Crippen molar-refractivity contribution >= 4 is 33.5 Å². The predicted octanol–water partition coefficient (Wildman–Crippen LogP) is 5.22. The van der Waals surface area contributed by atoms with Gasteiger partial charge < -0.3 is 10.1 Å². The maximum atomic E-state index is 13.2. The van der Waals surface area contributed by atoms with Crippen molar-refractivity contribution in [3.05, 3.63) is 28.8 Å². The standard InChI is InChI=1S/C23H30BrNO3/c1-13-5-14(2)19(15(3)6-13)25-20(26)16(4)28-21(27)22-8-17-7-18(9-22)11-23(24,10-17)12-22/h5-6,16-18H,7-12H2,1-4H3,(H,25,26). The van der Waals surface area contributed by atoms with Gasteiger partial charge in [0.1, 0.15) is 0 Å². The molecule has 0 spiro atoms. The highest BCUT2D eigenvalue weighted by Gasteiger charge is 2.60. The number of nitrogens with one attached hydrogen (secondary N) is 1. The van der Waals surface area contributed by atoms with Gasteiger partial charge in [0.05, 0.1) is 5.41 Å². The Morgan fingerprint density at radius 2 is 1.68 bits per heavy atom. The largest absolute Gasteiger partial charge is 0.452 e. The van der Waals surface area contributed by atoms with Gasteiger partial charge in [0.15, 0.2) is 6.10 Å². The van der Waals surface area contributed by atoms with Gasteiger partial charge in [-0.05, 0) is 89.2 Å². The van der Waals surface area contributed by atoms with E-state index >= 15 is 0 Å². The zero-order valence-corrected chi connectivity index (χ0v) is 18.8. The third-order valence-electron chi connectivity index (χ3n) is 7.00. The second kappa shape index (κ2) is 6.86. The predicted molar refractivity (Wildman–Crippen MR) is 114 cm³/mol. The lowest BCUT2D eigenvalue weighted by Gasteiger charge is -2.58. The molecule has 4 aliphatic rings. The first-order valence-electron chi connectivity index (χ1n) is 10.4. The van der Waals surface area contributed by atoms with Gasteiger partial charge in [-0.3, -0.25) is 9.59 Å². The molecule has 4 aliphatic carbocycles. The Balaban J connectivity index is 1.44. The Morgan fingerprint density at radius 1 is 1.11 bits per heavy atom. The SMILES string of the molecule is Cc1cc(C)c(NC(=O)C(C)OC(=O)C23CC4CC(CC(Br)(C4)C2)C3)c(C)c1. The van der Waals surface area contributed by atoms with Gasteiger partial charge in [-0.1, -0.05) is 33.6 Å². The van der Waals surface area contributed by atoms with Gasteiger partial charge in [-0.15, -0.1) is 0 Å². The van der Waals surface area contributed by atoms with E-state index in [1.807, 2.05) is 32.9 Å². The Kier molecular flexibility index (Phi) is 4.88. The van der Waals surface area contributed by atoms with Crippen LogP contribution in [0.3, 0.4) is 0 Å². The molecule has 5 heteroatoms. The fourth-order valence-electron chi connectivity index (χ4n) is 6.33. The summed E-state index contributed by atoms with van der Waals surface area (Å²) >= 11 is 3.93. The van der Waals surface area contributed by atoms with Crippen LogP contribution in [0.1, 0.15) is 62.1 Å². The van der Waals surface area contributed by atoms with Crippen LogP contribution in [0.15, 0.2) is 12.1 Å². The minimum Gasteiger partial charge on any atom is -0.452 e. The molecule has 1 aromatic rings. The van der Waals surface area contributed by atoms with E-state index in [0.717, 1.165) is 41.6 Å². The lowest BCUT2D eigenvalue weighted by Crippen LogP contribution is -2.56. The van der Waals surface area contributed by atoms with Gasteiger partial charge in [0, 0.05) is 10.0 Å². The number of halogens is 1. The number of hydrogen-bond donors (Lipinski definition) is 1. The van der Waals surface area contributed by atoms with E-state index in [2.05, 4.69) is 21.2 Å². The van der Waals surface area contributed by atoms with E-state index in [9.17, 15) is 9.59 Å². The number of ether oxygens (including phenoxy) is 1. The van der Waals surface area contributed by atoms with Crippen molar-refractivity contribution in [2.75, 3.05) is 5.32 Å². The molecule has 0 saturated heterocycles. The van der Waals surface area contributed by atoms with E-state index in [4.69, 9.17) is 4.74 Å². The van der Waals surface area contributed by atoms with E-state index < -0.39 is 11.5 Å². The summed E-state index contributed by atoms with van der Waals surface area (Å²) in [6.07, 6.45) is 5.45. The van der Waals surface area contributed by atoms with Crippen LogP contribution < -0.4 is 5.32 Å². The summed E-state index contributed by atoms with van der Waals surface area (Å²) in [7, 11) is 0. The van der Waals surface area contributed by atoms with Crippen molar-refractivity contribution in [1.82, 2.24) is 0 Å². The minimum atomic E-state index is -0.799. The molecule has 4 nitrogen and oxygen atoms in total. The summed E-state index contributed by atoms with van der Waals surface area (Å²) in [5.74, 6) is 0.775. The first kappa shape index (κ1) is 19.9. The molecule has 5 rings (SSSR count). The quantitative estimate of drug-likeness (QED) is 0.508. The van der Waals surface area contributed by atoms with Crippen LogP contribution in [0.4, 0.5) is 5.69 Å². The van der Waals surface area contributed by atoms with Crippen LogP contribution in [-0.4, -0.2) is 22.3 Å². The highest BCUT2D eigenvalue weighted by molar-refractivity contribution is 9.10.